The van der Waals surface area contributed by atoms with Gasteiger partial charge in [-0.2, -0.15) is 0 Å². The lowest BCUT2D eigenvalue weighted by atomic mass is 9.89. The summed E-state index contributed by atoms with van der Waals surface area (Å²) in [5.74, 6) is 0. The Morgan fingerprint density at radius 2 is 1.87 bits per heavy atom. The molecule has 0 aromatic rings. The van der Waals surface area contributed by atoms with E-state index >= 15 is 0 Å². The monoisotopic (exact) mass is 212 g/mol. The fourth-order valence-corrected chi connectivity index (χ4v) is 2.97. The number of hydrogen-bond donors (Lipinski definition) is 2. The van der Waals surface area contributed by atoms with E-state index in [2.05, 4.69) is 4.90 Å². The molecule has 0 bridgehead atoms. The fourth-order valence-electron chi connectivity index (χ4n) is 2.97. The maximum Gasteiger partial charge on any atom is 0.0443 e. The van der Waals surface area contributed by atoms with Crippen molar-refractivity contribution in [2.75, 3.05) is 13.2 Å². The van der Waals surface area contributed by atoms with Crippen LogP contribution < -0.4 is 5.73 Å². The van der Waals surface area contributed by atoms with Crippen molar-refractivity contribution < 1.29 is 5.11 Å². The summed E-state index contributed by atoms with van der Waals surface area (Å²) in [6.07, 6.45) is 8.70. The summed E-state index contributed by atoms with van der Waals surface area (Å²) in [7, 11) is 0. The molecule has 2 unspecified atom stereocenters. The second-order valence-corrected chi connectivity index (χ2v) is 5.06. The van der Waals surface area contributed by atoms with Gasteiger partial charge in [0.05, 0.1) is 0 Å². The predicted molar refractivity (Wildman–Crippen MR) is 61.7 cm³/mol. The summed E-state index contributed by atoms with van der Waals surface area (Å²) in [5.41, 5.74) is 6.16. The van der Waals surface area contributed by atoms with Crippen molar-refractivity contribution in [3.8, 4) is 0 Å². The van der Waals surface area contributed by atoms with Gasteiger partial charge in [0.2, 0.25) is 0 Å². The van der Waals surface area contributed by atoms with Crippen LogP contribution in [0.15, 0.2) is 0 Å². The van der Waals surface area contributed by atoms with Crippen LogP contribution in [0.4, 0.5) is 0 Å². The van der Waals surface area contributed by atoms with Gasteiger partial charge in [0, 0.05) is 31.3 Å². The zero-order valence-corrected chi connectivity index (χ0v) is 9.57. The Kier molecular flexibility index (Phi) is 4.00. The van der Waals surface area contributed by atoms with Crippen LogP contribution in [-0.4, -0.2) is 41.3 Å². The molecule has 0 aromatic heterocycles. The lowest BCUT2D eigenvalue weighted by Crippen LogP contribution is -2.52. The van der Waals surface area contributed by atoms with E-state index in [1.807, 2.05) is 0 Å². The highest BCUT2D eigenvalue weighted by atomic mass is 16.3. The Balaban J connectivity index is 1.90. The number of aliphatic hydroxyl groups excluding tert-OH is 1. The van der Waals surface area contributed by atoms with Crippen LogP contribution in [0.2, 0.25) is 0 Å². The molecule has 2 fully saturated rings. The highest BCUT2D eigenvalue weighted by Gasteiger charge is 2.35. The van der Waals surface area contributed by atoms with Gasteiger partial charge in [-0.1, -0.05) is 12.8 Å². The smallest absolute Gasteiger partial charge is 0.0443 e. The van der Waals surface area contributed by atoms with Crippen LogP contribution in [0, 0.1) is 0 Å². The van der Waals surface area contributed by atoms with Crippen molar-refractivity contribution in [3.63, 3.8) is 0 Å². The van der Waals surface area contributed by atoms with Gasteiger partial charge >= 0.3 is 0 Å². The molecule has 0 radical (unpaired) electrons. The van der Waals surface area contributed by atoms with Crippen LogP contribution in [-0.2, 0) is 0 Å². The molecule has 0 aliphatic heterocycles. The number of nitrogens with two attached hydrogens (primary N) is 1. The number of nitrogens with zero attached hydrogens (tertiary/aromatic N) is 1. The van der Waals surface area contributed by atoms with E-state index in [9.17, 15) is 0 Å². The van der Waals surface area contributed by atoms with E-state index in [1.165, 1.54) is 38.5 Å². The number of hydrogen-bond acceptors (Lipinski definition) is 3. The molecule has 2 aliphatic rings. The van der Waals surface area contributed by atoms with Crippen LogP contribution in [0.25, 0.3) is 0 Å². The second-order valence-electron chi connectivity index (χ2n) is 5.06. The van der Waals surface area contributed by atoms with E-state index in [0.717, 1.165) is 19.0 Å². The SMILES string of the molecule is NC1CCCC1N(CCCO)C1CCC1. The summed E-state index contributed by atoms with van der Waals surface area (Å²) in [4.78, 5) is 2.59. The highest BCUT2D eigenvalue weighted by molar-refractivity contribution is 4.93. The predicted octanol–water partition coefficient (Wildman–Crippen LogP) is 1.10. The summed E-state index contributed by atoms with van der Waals surface area (Å²) >= 11 is 0. The Morgan fingerprint density at radius 1 is 1.13 bits per heavy atom. The van der Waals surface area contributed by atoms with Gasteiger partial charge in [-0.25, -0.2) is 0 Å². The molecule has 0 spiro atoms. The molecule has 2 saturated carbocycles. The van der Waals surface area contributed by atoms with Gasteiger partial charge < -0.3 is 10.8 Å². The first kappa shape index (κ1) is 11.4. The van der Waals surface area contributed by atoms with Crippen LogP contribution in [0.3, 0.4) is 0 Å². The quantitative estimate of drug-likeness (QED) is 0.717. The molecule has 2 aliphatic carbocycles. The van der Waals surface area contributed by atoms with Gasteiger partial charge in [-0.3, -0.25) is 4.90 Å². The second kappa shape index (κ2) is 5.28. The third kappa shape index (κ3) is 2.52. The number of rotatable bonds is 5. The molecule has 3 nitrogen and oxygen atoms in total. The third-order valence-corrected chi connectivity index (χ3v) is 4.08. The molecule has 3 N–H and O–H groups in total. The zero-order valence-electron chi connectivity index (χ0n) is 9.57. The maximum atomic E-state index is 8.94. The van der Waals surface area contributed by atoms with Crippen LogP contribution >= 0.6 is 0 Å². The molecular weight excluding hydrogens is 188 g/mol. The largest absolute Gasteiger partial charge is 0.396 e. The van der Waals surface area contributed by atoms with Gasteiger partial charge in [0.1, 0.15) is 0 Å². The number of aliphatic hydroxyl groups is 1. The highest BCUT2D eigenvalue weighted by Crippen LogP contribution is 2.32. The van der Waals surface area contributed by atoms with Crippen molar-refractivity contribution in [1.82, 2.24) is 4.90 Å². The first-order valence-electron chi connectivity index (χ1n) is 6.45. The fraction of sp³-hybridized carbons (Fsp3) is 1.00. The molecule has 2 atom stereocenters. The first-order valence-corrected chi connectivity index (χ1v) is 6.45. The average molecular weight is 212 g/mol. The van der Waals surface area contributed by atoms with Crippen molar-refractivity contribution in [1.29, 1.82) is 0 Å². The molecular formula is C12H24N2O. The van der Waals surface area contributed by atoms with E-state index in [-0.39, 0.29) is 0 Å². The molecule has 88 valence electrons. The molecule has 3 heteroatoms. The van der Waals surface area contributed by atoms with Gasteiger partial charge in [0.15, 0.2) is 0 Å². The molecule has 0 saturated heterocycles. The zero-order chi connectivity index (χ0) is 10.7. The Labute approximate surface area is 92.6 Å². The van der Waals surface area contributed by atoms with Crippen molar-refractivity contribution in [2.45, 2.75) is 63.1 Å². The first-order chi connectivity index (χ1) is 7.33. The standard InChI is InChI=1S/C12H24N2O/c13-11-6-2-7-12(11)14(8-3-9-15)10-4-1-5-10/h10-12,15H,1-9,13H2. The summed E-state index contributed by atoms with van der Waals surface area (Å²) in [6.45, 7) is 1.35. The Bertz CT molecular complexity index is 194. The van der Waals surface area contributed by atoms with E-state index in [1.54, 1.807) is 0 Å². The third-order valence-electron chi connectivity index (χ3n) is 4.08. The summed E-state index contributed by atoms with van der Waals surface area (Å²) in [5, 5.41) is 8.94. The van der Waals surface area contributed by atoms with E-state index in [4.69, 9.17) is 10.8 Å². The molecule has 0 amide bonds. The van der Waals surface area contributed by atoms with Crippen molar-refractivity contribution in [3.05, 3.63) is 0 Å². The molecule has 0 heterocycles. The summed E-state index contributed by atoms with van der Waals surface area (Å²) < 4.78 is 0. The maximum absolute atomic E-state index is 8.94. The Morgan fingerprint density at radius 3 is 2.33 bits per heavy atom. The topological polar surface area (TPSA) is 49.5 Å². The van der Waals surface area contributed by atoms with Gasteiger partial charge in [-0.05, 0) is 32.1 Å². The van der Waals surface area contributed by atoms with E-state index in [0.29, 0.717) is 18.7 Å². The van der Waals surface area contributed by atoms with Crippen molar-refractivity contribution >= 4 is 0 Å². The minimum Gasteiger partial charge on any atom is -0.396 e. The van der Waals surface area contributed by atoms with Gasteiger partial charge in [0.25, 0.3) is 0 Å². The van der Waals surface area contributed by atoms with Gasteiger partial charge in [-0.15, -0.1) is 0 Å². The van der Waals surface area contributed by atoms with Crippen LogP contribution in [0.5, 0.6) is 0 Å². The minimum absolute atomic E-state index is 0.311. The summed E-state index contributed by atoms with van der Waals surface area (Å²) in [6, 6.07) is 1.75. The lowest BCUT2D eigenvalue weighted by Gasteiger charge is -2.42. The Hall–Kier alpha value is -0.120. The van der Waals surface area contributed by atoms with E-state index < -0.39 is 0 Å². The normalized spacial score (nSPS) is 32.2. The minimum atomic E-state index is 0.311. The molecule has 15 heavy (non-hydrogen) atoms. The molecule has 0 aromatic carbocycles. The average Bonchev–Trinajstić information content (AvgIpc) is 2.55. The van der Waals surface area contributed by atoms with Crippen molar-refractivity contribution in [2.24, 2.45) is 5.73 Å². The lowest BCUT2D eigenvalue weighted by molar-refractivity contribution is 0.0674. The van der Waals surface area contributed by atoms with Crippen LogP contribution in [0.1, 0.15) is 44.9 Å². The molecule has 2 rings (SSSR count).